The number of aromatic nitrogens is 1. The van der Waals surface area contributed by atoms with Gasteiger partial charge in [0, 0.05) is 11.6 Å². The molecule has 3 rings (SSSR count). The molecule has 1 fully saturated rings. The Morgan fingerprint density at radius 3 is 2.91 bits per heavy atom. The zero-order chi connectivity index (χ0) is 15.4. The third kappa shape index (κ3) is 3.30. The van der Waals surface area contributed by atoms with Gasteiger partial charge in [-0.15, -0.1) is 0 Å². The molecule has 0 saturated heterocycles. The lowest BCUT2D eigenvalue weighted by Gasteiger charge is -2.22. The van der Waals surface area contributed by atoms with Crippen LogP contribution in [-0.2, 0) is 0 Å². The topological polar surface area (TPSA) is 64.4 Å². The fourth-order valence-electron chi connectivity index (χ4n) is 2.77. The van der Waals surface area contributed by atoms with Crippen molar-refractivity contribution in [2.75, 3.05) is 7.11 Å². The monoisotopic (exact) mass is 300 g/mol. The van der Waals surface area contributed by atoms with Crippen LogP contribution in [0.15, 0.2) is 34.9 Å². The number of methoxy groups -OCH3 is 1. The highest BCUT2D eigenvalue weighted by Gasteiger charge is 2.19. The fourth-order valence-corrected chi connectivity index (χ4v) is 2.77. The van der Waals surface area contributed by atoms with Crippen molar-refractivity contribution in [3.8, 4) is 17.2 Å². The molecule has 2 aromatic rings. The Balaban J connectivity index is 1.70. The van der Waals surface area contributed by atoms with Gasteiger partial charge in [-0.2, -0.15) is 0 Å². The Hall–Kier alpha value is -2.30. The van der Waals surface area contributed by atoms with Gasteiger partial charge in [-0.3, -0.25) is 4.79 Å². The SMILES string of the molecule is COc1cccc(-c2nc(C(=O)NC3CCCCC3)co2)c1. The van der Waals surface area contributed by atoms with Crippen molar-refractivity contribution in [3.63, 3.8) is 0 Å². The van der Waals surface area contributed by atoms with Crippen LogP contribution in [0.25, 0.3) is 11.5 Å². The minimum Gasteiger partial charge on any atom is -0.497 e. The summed E-state index contributed by atoms with van der Waals surface area (Å²) in [6.07, 6.45) is 7.12. The second kappa shape index (κ2) is 6.64. The number of oxazole rings is 1. The van der Waals surface area contributed by atoms with Gasteiger partial charge in [0.1, 0.15) is 12.0 Å². The Bertz CT molecular complexity index is 645. The Labute approximate surface area is 129 Å². The smallest absolute Gasteiger partial charge is 0.273 e. The molecule has 1 aliphatic carbocycles. The summed E-state index contributed by atoms with van der Waals surface area (Å²) in [5.74, 6) is 0.987. The van der Waals surface area contributed by atoms with Crippen LogP contribution in [0, 0.1) is 0 Å². The van der Waals surface area contributed by atoms with Crippen molar-refractivity contribution in [3.05, 3.63) is 36.2 Å². The third-order valence-corrected chi connectivity index (χ3v) is 3.99. The van der Waals surface area contributed by atoms with E-state index in [1.165, 1.54) is 25.5 Å². The summed E-state index contributed by atoms with van der Waals surface area (Å²) < 4.78 is 10.6. The van der Waals surface area contributed by atoms with Crippen LogP contribution >= 0.6 is 0 Å². The van der Waals surface area contributed by atoms with Gasteiger partial charge in [-0.05, 0) is 31.0 Å². The van der Waals surface area contributed by atoms with Gasteiger partial charge in [0.15, 0.2) is 5.69 Å². The number of hydrogen-bond donors (Lipinski definition) is 1. The molecular formula is C17H20N2O3. The molecule has 0 spiro atoms. The van der Waals surface area contributed by atoms with Gasteiger partial charge >= 0.3 is 0 Å². The fraction of sp³-hybridized carbons (Fsp3) is 0.412. The minimum atomic E-state index is -0.162. The molecule has 0 radical (unpaired) electrons. The summed E-state index contributed by atoms with van der Waals surface area (Å²) in [5, 5.41) is 3.04. The highest BCUT2D eigenvalue weighted by Crippen LogP contribution is 2.23. The predicted molar refractivity (Wildman–Crippen MR) is 82.8 cm³/mol. The minimum absolute atomic E-state index is 0.162. The Morgan fingerprint density at radius 1 is 1.32 bits per heavy atom. The molecule has 0 aliphatic heterocycles. The molecule has 1 heterocycles. The van der Waals surface area contributed by atoms with Crippen molar-refractivity contribution in [1.82, 2.24) is 10.3 Å². The first-order valence-corrected chi connectivity index (χ1v) is 7.67. The lowest BCUT2D eigenvalue weighted by molar-refractivity contribution is 0.0922. The molecule has 1 aromatic carbocycles. The molecule has 0 unspecified atom stereocenters. The average molecular weight is 300 g/mol. The highest BCUT2D eigenvalue weighted by molar-refractivity contribution is 5.92. The van der Waals surface area contributed by atoms with Gasteiger partial charge in [0.2, 0.25) is 5.89 Å². The summed E-state index contributed by atoms with van der Waals surface area (Å²) in [7, 11) is 1.61. The van der Waals surface area contributed by atoms with Crippen LogP contribution in [-0.4, -0.2) is 24.0 Å². The molecule has 5 heteroatoms. The summed E-state index contributed by atoms with van der Waals surface area (Å²) >= 11 is 0. The van der Waals surface area contributed by atoms with E-state index in [2.05, 4.69) is 10.3 Å². The van der Waals surface area contributed by atoms with Crippen molar-refractivity contribution in [2.24, 2.45) is 0 Å². The van der Waals surface area contributed by atoms with E-state index in [0.29, 0.717) is 11.6 Å². The molecule has 0 bridgehead atoms. The quantitative estimate of drug-likeness (QED) is 0.939. The van der Waals surface area contributed by atoms with E-state index in [1.807, 2.05) is 24.3 Å². The summed E-state index contributed by atoms with van der Waals surface area (Å²) in [6.45, 7) is 0. The first kappa shape index (κ1) is 14.6. The van der Waals surface area contributed by atoms with E-state index in [0.717, 1.165) is 24.2 Å². The Kier molecular flexibility index (Phi) is 4.42. The number of carbonyl (C=O) groups is 1. The van der Waals surface area contributed by atoms with Crippen LogP contribution in [0.2, 0.25) is 0 Å². The molecular weight excluding hydrogens is 280 g/mol. The maximum atomic E-state index is 12.2. The second-order valence-electron chi connectivity index (χ2n) is 5.58. The van der Waals surface area contributed by atoms with Gasteiger partial charge in [0.25, 0.3) is 5.91 Å². The van der Waals surface area contributed by atoms with Gasteiger partial charge in [-0.25, -0.2) is 4.98 Å². The van der Waals surface area contributed by atoms with Crippen molar-refractivity contribution < 1.29 is 13.9 Å². The standard InChI is InChI=1S/C17H20N2O3/c1-21-14-9-5-6-12(10-14)17-19-15(11-22-17)16(20)18-13-7-3-2-4-8-13/h5-6,9-11,13H,2-4,7-8H2,1H3,(H,18,20). The van der Waals surface area contributed by atoms with Crippen LogP contribution in [0.1, 0.15) is 42.6 Å². The Morgan fingerprint density at radius 2 is 2.14 bits per heavy atom. The average Bonchev–Trinajstić information content (AvgIpc) is 3.06. The molecule has 1 N–H and O–H groups in total. The van der Waals surface area contributed by atoms with E-state index in [9.17, 15) is 4.79 Å². The van der Waals surface area contributed by atoms with Gasteiger partial charge in [0.05, 0.1) is 7.11 Å². The normalized spacial score (nSPS) is 15.5. The molecule has 1 aromatic heterocycles. The second-order valence-corrected chi connectivity index (χ2v) is 5.58. The maximum Gasteiger partial charge on any atom is 0.273 e. The zero-order valence-corrected chi connectivity index (χ0v) is 12.7. The lowest BCUT2D eigenvalue weighted by Crippen LogP contribution is -2.36. The summed E-state index contributed by atoms with van der Waals surface area (Å²) in [5.41, 5.74) is 1.11. The van der Waals surface area contributed by atoms with Crippen LogP contribution in [0.4, 0.5) is 0 Å². The van der Waals surface area contributed by atoms with E-state index in [4.69, 9.17) is 9.15 Å². The summed E-state index contributed by atoms with van der Waals surface area (Å²) in [4.78, 5) is 16.5. The number of nitrogens with one attached hydrogen (secondary N) is 1. The number of hydrogen-bond acceptors (Lipinski definition) is 4. The zero-order valence-electron chi connectivity index (χ0n) is 12.7. The number of nitrogens with zero attached hydrogens (tertiary/aromatic N) is 1. The van der Waals surface area contributed by atoms with Crippen LogP contribution < -0.4 is 10.1 Å². The van der Waals surface area contributed by atoms with Crippen molar-refractivity contribution in [1.29, 1.82) is 0 Å². The van der Waals surface area contributed by atoms with Gasteiger partial charge < -0.3 is 14.5 Å². The first-order valence-electron chi connectivity index (χ1n) is 7.67. The van der Waals surface area contributed by atoms with E-state index in [1.54, 1.807) is 7.11 Å². The molecule has 0 atom stereocenters. The third-order valence-electron chi connectivity index (χ3n) is 3.99. The molecule has 1 aliphatic rings. The number of benzene rings is 1. The molecule has 116 valence electrons. The first-order chi connectivity index (χ1) is 10.8. The molecule has 22 heavy (non-hydrogen) atoms. The van der Waals surface area contributed by atoms with Crippen LogP contribution in [0.3, 0.4) is 0 Å². The molecule has 5 nitrogen and oxygen atoms in total. The van der Waals surface area contributed by atoms with Gasteiger partial charge in [-0.1, -0.05) is 25.3 Å². The largest absolute Gasteiger partial charge is 0.497 e. The van der Waals surface area contributed by atoms with Crippen LogP contribution in [0.5, 0.6) is 5.75 Å². The maximum absolute atomic E-state index is 12.2. The highest BCUT2D eigenvalue weighted by atomic mass is 16.5. The molecule has 1 amide bonds. The lowest BCUT2D eigenvalue weighted by atomic mass is 9.95. The van der Waals surface area contributed by atoms with Crippen molar-refractivity contribution in [2.45, 2.75) is 38.1 Å². The number of ether oxygens (including phenoxy) is 1. The van der Waals surface area contributed by atoms with E-state index in [-0.39, 0.29) is 11.9 Å². The van der Waals surface area contributed by atoms with E-state index < -0.39 is 0 Å². The molecule has 1 saturated carbocycles. The number of amides is 1. The number of rotatable bonds is 4. The van der Waals surface area contributed by atoms with Crippen molar-refractivity contribution >= 4 is 5.91 Å². The summed E-state index contributed by atoms with van der Waals surface area (Å²) in [6, 6.07) is 7.67. The number of carbonyl (C=O) groups excluding carboxylic acids is 1. The predicted octanol–water partition coefficient (Wildman–Crippen LogP) is 3.41. The van der Waals surface area contributed by atoms with E-state index >= 15 is 0 Å².